The lowest BCUT2D eigenvalue weighted by Gasteiger charge is -2.28. The number of halogens is 2. The van der Waals surface area contributed by atoms with Gasteiger partial charge in [-0.05, 0) is 30.3 Å². The van der Waals surface area contributed by atoms with Crippen molar-refractivity contribution in [2.75, 3.05) is 36.5 Å². The summed E-state index contributed by atoms with van der Waals surface area (Å²) >= 11 is 5.80. The number of hydrogen-bond acceptors (Lipinski definition) is 5. The molecule has 1 fully saturated rings. The van der Waals surface area contributed by atoms with Crippen molar-refractivity contribution in [3.63, 3.8) is 0 Å². The fourth-order valence-corrected chi connectivity index (χ4v) is 2.84. The SMILES string of the molecule is O=C(Nc1cc(Cl)ccc1F)c1ccc(N2CCOCC2)c([N+](=O)[O-])c1. The van der Waals surface area contributed by atoms with Gasteiger partial charge in [-0.15, -0.1) is 0 Å². The van der Waals surface area contributed by atoms with Crippen LogP contribution in [0.25, 0.3) is 0 Å². The number of rotatable bonds is 4. The summed E-state index contributed by atoms with van der Waals surface area (Å²) in [7, 11) is 0. The maximum Gasteiger partial charge on any atom is 0.293 e. The van der Waals surface area contributed by atoms with Crippen LogP contribution in [0.15, 0.2) is 36.4 Å². The zero-order chi connectivity index (χ0) is 18.7. The Morgan fingerprint density at radius 3 is 2.65 bits per heavy atom. The second-order valence-electron chi connectivity index (χ2n) is 5.64. The van der Waals surface area contributed by atoms with Crippen molar-refractivity contribution < 1.29 is 18.8 Å². The molecule has 1 saturated heterocycles. The van der Waals surface area contributed by atoms with E-state index in [-0.39, 0.29) is 22.0 Å². The molecule has 0 aliphatic carbocycles. The van der Waals surface area contributed by atoms with Crippen LogP contribution >= 0.6 is 11.6 Å². The summed E-state index contributed by atoms with van der Waals surface area (Å²) in [6, 6.07) is 7.92. The standard InChI is InChI=1S/C17H15ClFN3O4/c18-12-2-3-13(19)14(10-12)20-17(23)11-1-4-15(16(9-11)22(24)25)21-5-7-26-8-6-21/h1-4,9-10H,5-8H2,(H,20,23). The molecule has 136 valence electrons. The lowest BCUT2D eigenvalue weighted by molar-refractivity contribution is -0.384. The van der Waals surface area contributed by atoms with E-state index >= 15 is 0 Å². The highest BCUT2D eigenvalue weighted by Crippen LogP contribution is 2.30. The Hall–Kier alpha value is -2.71. The fourth-order valence-electron chi connectivity index (χ4n) is 2.67. The molecule has 3 rings (SSSR count). The van der Waals surface area contributed by atoms with Gasteiger partial charge >= 0.3 is 0 Å². The van der Waals surface area contributed by atoms with Gasteiger partial charge in [-0.3, -0.25) is 14.9 Å². The van der Waals surface area contributed by atoms with Crippen LogP contribution in [0.5, 0.6) is 0 Å². The Balaban J connectivity index is 1.88. The van der Waals surface area contributed by atoms with Crippen molar-refractivity contribution in [1.29, 1.82) is 0 Å². The molecule has 0 aromatic heterocycles. The third-order valence-electron chi connectivity index (χ3n) is 3.96. The molecule has 1 heterocycles. The van der Waals surface area contributed by atoms with Gasteiger partial charge in [-0.2, -0.15) is 0 Å². The van der Waals surface area contributed by atoms with E-state index in [1.807, 2.05) is 4.90 Å². The second kappa shape index (κ2) is 7.67. The van der Waals surface area contributed by atoms with Crippen molar-refractivity contribution in [3.8, 4) is 0 Å². The third-order valence-corrected chi connectivity index (χ3v) is 4.20. The van der Waals surface area contributed by atoms with E-state index in [2.05, 4.69) is 5.32 Å². The van der Waals surface area contributed by atoms with Gasteiger partial charge in [0.25, 0.3) is 11.6 Å². The summed E-state index contributed by atoms with van der Waals surface area (Å²) in [6.45, 7) is 2.01. The molecule has 0 bridgehead atoms. The minimum absolute atomic E-state index is 0.0492. The summed E-state index contributed by atoms with van der Waals surface area (Å²) in [5.41, 5.74) is 0.186. The monoisotopic (exact) mass is 379 g/mol. The van der Waals surface area contributed by atoms with Crippen LogP contribution in [-0.4, -0.2) is 37.1 Å². The average molecular weight is 380 g/mol. The highest BCUT2D eigenvalue weighted by Gasteiger charge is 2.23. The van der Waals surface area contributed by atoms with Gasteiger partial charge in [0.05, 0.1) is 23.8 Å². The van der Waals surface area contributed by atoms with E-state index in [4.69, 9.17) is 16.3 Å². The quantitative estimate of drug-likeness (QED) is 0.649. The van der Waals surface area contributed by atoms with Crippen molar-refractivity contribution in [3.05, 3.63) is 62.9 Å². The molecule has 7 nitrogen and oxygen atoms in total. The summed E-state index contributed by atoms with van der Waals surface area (Å²) in [4.78, 5) is 25.1. The first-order valence-corrected chi connectivity index (χ1v) is 8.21. The number of nitro benzene ring substituents is 1. The summed E-state index contributed by atoms with van der Waals surface area (Å²) in [5.74, 6) is -1.31. The number of amides is 1. The van der Waals surface area contributed by atoms with E-state index in [0.29, 0.717) is 32.0 Å². The normalized spacial score (nSPS) is 14.2. The van der Waals surface area contributed by atoms with E-state index in [1.54, 1.807) is 0 Å². The van der Waals surface area contributed by atoms with Crippen LogP contribution in [0.4, 0.5) is 21.5 Å². The lowest BCUT2D eigenvalue weighted by Crippen LogP contribution is -2.36. The second-order valence-corrected chi connectivity index (χ2v) is 6.07. The summed E-state index contributed by atoms with van der Waals surface area (Å²) < 4.78 is 19.0. The molecule has 2 aromatic rings. The smallest absolute Gasteiger partial charge is 0.293 e. The fraction of sp³-hybridized carbons (Fsp3) is 0.235. The number of carbonyl (C=O) groups excluding carboxylic acids is 1. The Morgan fingerprint density at radius 2 is 1.96 bits per heavy atom. The van der Waals surface area contributed by atoms with E-state index in [0.717, 1.165) is 6.07 Å². The number of nitro groups is 1. The van der Waals surface area contributed by atoms with E-state index in [1.165, 1.54) is 30.3 Å². The number of morpholine rings is 1. The average Bonchev–Trinajstić information content (AvgIpc) is 2.65. The molecule has 0 atom stereocenters. The molecular weight excluding hydrogens is 365 g/mol. The molecule has 1 aliphatic heterocycles. The zero-order valence-electron chi connectivity index (χ0n) is 13.6. The number of nitrogens with zero attached hydrogens (tertiary/aromatic N) is 2. The largest absolute Gasteiger partial charge is 0.378 e. The highest BCUT2D eigenvalue weighted by molar-refractivity contribution is 6.31. The van der Waals surface area contributed by atoms with Crippen molar-refractivity contribution in [1.82, 2.24) is 0 Å². The molecule has 0 spiro atoms. The number of carbonyl (C=O) groups is 1. The maximum absolute atomic E-state index is 13.8. The molecule has 1 N–H and O–H groups in total. The molecule has 1 amide bonds. The lowest BCUT2D eigenvalue weighted by atomic mass is 10.1. The van der Waals surface area contributed by atoms with E-state index in [9.17, 15) is 19.3 Å². The highest BCUT2D eigenvalue weighted by atomic mass is 35.5. The van der Waals surface area contributed by atoms with Gasteiger partial charge in [0.1, 0.15) is 11.5 Å². The zero-order valence-corrected chi connectivity index (χ0v) is 14.3. The Kier molecular flexibility index (Phi) is 5.34. The van der Waals surface area contributed by atoms with Crippen molar-refractivity contribution >= 4 is 34.6 Å². The van der Waals surface area contributed by atoms with Crippen LogP contribution in [0.2, 0.25) is 5.02 Å². The molecule has 1 aliphatic rings. The van der Waals surface area contributed by atoms with Gasteiger partial charge in [-0.1, -0.05) is 11.6 Å². The maximum atomic E-state index is 13.8. The predicted octanol–water partition coefficient (Wildman–Crippen LogP) is 3.48. The minimum Gasteiger partial charge on any atom is -0.378 e. The Labute approximate surface area is 153 Å². The van der Waals surface area contributed by atoms with Crippen LogP contribution < -0.4 is 10.2 Å². The molecule has 0 saturated carbocycles. The van der Waals surface area contributed by atoms with Gasteiger partial charge in [-0.25, -0.2) is 4.39 Å². The summed E-state index contributed by atoms with van der Waals surface area (Å²) in [5, 5.41) is 14.1. The van der Waals surface area contributed by atoms with Gasteiger partial charge in [0.15, 0.2) is 0 Å². The first kappa shape index (κ1) is 18.1. The number of ether oxygens (including phenoxy) is 1. The van der Waals surface area contributed by atoms with Crippen LogP contribution in [0.1, 0.15) is 10.4 Å². The van der Waals surface area contributed by atoms with Crippen LogP contribution in [0.3, 0.4) is 0 Å². The summed E-state index contributed by atoms with van der Waals surface area (Å²) in [6.07, 6.45) is 0. The molecule has 9 heteroatoms. The van der Waals surface area contributed by atoms with Crippen molar-refractivity contribution in [2.45, 2.75) is 0 Å². The Morgan fingerprint density at radius 1 is 1.23 bits per heavy atom. The number of hydrogen-bond donors (Lipinski definition) is 1. The van der Waals surface area contributed by atoms with Crippen LogP contribution in [0, 0.1) is 15.9 Å². The Bertz CT molecular complexity index is 856. The predicted molar refractivity (Wildman–Crippen MR) is 95.5 cm³/mol. The number of nitrogens with one attached hydrogen (secondary N) is 1. The van der Waals surface area contributed by atoms with E-state index < -0.39 is 16.6 Å². The van der Waals surface area contributed by atoms with Gasteiger partial charge in [0.2, 0.25) is 0 Å². The molecular formula is C17H15ClFN3O4. The molecule has 0 unspecified atom stereocenters. The number of benzene rings is 2. The van der Waals surface area contributed by atoms with Crippen LogP contribution in [-0.2, 0) is 4.74 Å². The third kappa shape index (κ3) is 3.92. The molecule has 2 aromatic carbocycles. The van der Waals surface area contributed by atoms with Crippen molar-refractivity contribution in [2.24, 2.45) is 0 Å². The number of anilines is 2. The minimum atomic E-state index is -0.664. The topological polar surface area (TPSA) is 84.7 Å². The van der Waals surface area contributed by atoms with Gasteiger partial charge < -0.3 is 15.0 Å². The first-order chi connectivity index (χ1) is 12.5. The molecule has 0 radical (unpaired) electrons. The molecule has 26 heavy (non-hydrogen) atoms. The van der Waals surface area contributed by atoms with Gasteiger partial charge in [0, 0.05) is 29.7 Å². The first-order valence-electron chi connectivity index (χ1n) is 7.83.